The minimum absolute atomic E-state index is 0.178. The summed E-state index contributed by atoms with van der Waals surface area (Å²) in [5, 5.41) is 3.32. The predicted octanol–water partition coefficient (Wildman–Crippen LogP) is 4.73. The van der Waals surface area contributed by atoms with Crippen LogP contribution in [0.4, 0.5) is 4.39 Å². The summed E-state index contributed by atoms with van der Waals surface area (Å²) in [6.45, 7) is 8.10. The first-order valence-corrected chi connectivity index (χ1v) is 7.80. The topological polar surface area (TPSA) is 12.0 Å². The molecule has 0 saturated heterocycles. The van der Waals surface area contributed by atoms with Crippen LogP contribution in [0.1, 0.15) is 37.5 Å². The average Bonchev–Trinajstić information content (AvgIpc) is 2.53. The van der Waals surface area contributed by atoms with E-state index < -0.39 is 0 Å². The van der Waals surface area contributed by atoms with E-state index in [-0.39, 0.29) is 5.82 Å². The van der Waals surface area contributed by atoms with Gasteiger partial charge in [-0.2, -0.15) is 0 Å². The molecule has 0 aliphatic heterocycles. The van der Waals surface area contributed by atoms with Crippen LogP contribution in [0.3, 0.4) is 0 Å². The Morgan fingerprint density at radius 2 is 1.57 bits per heavy atom. The Balaban J connectivity index is 2.47. The second kappa shape index (κ2) is 7.37. The van der Waals surface area contributed by atoms with Gasteiger partial charge in [0.05, 0.1) is 0 Å². The van der Waals surface area contributed by atoms with Crippen molar-refractivity contribution in [2.75, 3.05) is 6.54 Å². The highest BCUT2D eigenvalue weighted by atomic mass is 19.1. The van der Waals surface area contributed by atoms with E-state index in [1.165, 1.54) is 17.2 Å². The van der Waals surface area contributed by atoms with Gasteiger partial charge in [0.2, 0.25) is 0 Å². The summed E-state index contributed by atoms with van der Waals surface area (Å²) in [6, 6.07) is 11.6. The molecule has 0 radical (unpaired) electrons. The maximum atomic E-state index is 13.7. The summed E-state index contributed by atoms with van der Waals surface area (Å²) in [4.78, 5) is 0. The van der Waals surface area contributed by atoms with Crippen LogP contribution < -0.4 is 5.32 Å². The Morgan fingerprint density at radius 1 is 0.857 bits per heavy atom. The van der Waals surface area contributed by atoms with Crippen LogP contribution in [0.25, 0.3) is 11.1 Å². The van der Waals surface area contributed by atoms with Gasteiger partial charge < -0.3 is 5.32 Å². The summed E-state index contributed by atoms with van der Waals surface area (Å²) >= 11 is 0. The van der Waals surface area contributed by atoms with Gasteiger partial charge in [0, 0.05) is 6.54 Å². The van der Waals surface area contributed by atoms with Crippen molar-refractivity contribution < 1.29 is 4.39 Å². The highest BCUT2D eigenvalue weighted by Gasteiger charge is 2.09. The van der Waals surface area contributed by atoms with Gasteiger partial charge in [-0.1, -0.05) is 45.0 Å². The molecule has 0 amide bonds. The summed E-state index contributed by atoms with van der Waals surface area (Å²) in [7, 11) is 0. The van der Waals surface area contributed by atoms with Crippen molar-refractivity contribution in [2.24, 2.45) is 0 Å². The fourth-order valence-corrected chi connectivity index (χ4v) is 2.70. The predicted molar refractivity (Wildman–Crippen MR) is 88.0 cm³/mol. The average molecular weight is 285 g/mol. The maximum Gasteiger partial charge on any atom is 0.123 e. The third-order valence-corrected chi connectivity index (χ3v) is 3.92. The monoisotopic (exact) mass is 285 g/mol. The van der Waals surface area contributed by atoms with Crippen LogP contribution in [0.15, 0.2) is 36.4 Å². The minimum atomic E-state index is -0.178. The van der Waals surface area contributed by atoms with E-state index in [1.807, 2.05) is 6.07 Å². The molecule has 0 aromatic heterocycles. The number of hydrogen-bond acceptors (Lipinski definition) is 1. The lowest BCUT2D eigenvalue weighted by Gasteiger charge is -2.13. The Bertz CT molecular complexity index is 605. The molecule has 112 valence electrons. The summed E-state index contributed by atoms with van der Waals surface area (Å²) in [5.41, 5.74) is 5.98. The molecule has 0 aliphatic rings. The molecule has 0 aliphatic carbocycles. The number of aryl methyl sites for hydroxylation is 2. The van der Waals surface area contributed by atoms with Crippen LogP contribution in [0, 0.1) is 5.82 Å². The quantitative estimate of drug-likeness (QED) is 0.809. The Labute approximate surface area is 127 Å². The first kappa shape index (κ1) is 15.7. The van der Waals surface area contributed by atoms with E-state index in [0.29, 0.717) is 0 Å². The van der Waals surface area contributed by atoms with Crippen molar-refractivity contribution >= 4 is 0 Å². The third-order valence-electron chi connectivity index (χ3n) is 3.92. The van der Waals surface area contributed by atoms with E-state index >= 15 is 0 Å². The zero-order chi connectivity index (χ0) is 15.2. The molecular weight excluding hydrogens is 261 g/mol. The Kier molecular flexibility index (Phi) is 5.51. The van der Waals surface area contributed by atoms with Gasteiger partial charge in [-0.3, -0.25) is 0 Å². The minimum Gasteiger partial charge on any atom is -0.313 e. The molecule has 0 spiro atoms. The van der Waals surface area contributed by atoms with Gasteiger partial charge in [0.1, 0.15) is 5.82 Å². The molecule has 0 atom stereocenters. The van der Waals surface area contributed by atoms with Crippen molar-refractivity contribution in [3.05, 3.63) is 58.9 Å². The molecule has 0 heterocycles. The van der Waals surface area contributed by atoms with Crippen molar-refractivity contribution in [3.63, 3.8) is 0 Å². The number of benzene rings is 2. The molecule has 1 nitrogen and oxygen atoms in total. The lowest BCUT2D eigenvalue weighted by Crippen LogP contribution is -2.12. The van der Waals surface area contributed by atoms with Gasteiger partial charge in [-0.05, 0) is 59.3 Å². The molecule has 21 heavy (non-hydrogen) atoms. The fourth-order valence-electron chi connectivity index (χ4n) is 2.70. The first-order valence-electron chi connectivity index (χ1n) is 7.80. The van der Waals surface area contributed by atoms with Crippen LogP contribution in [-0.2, 0) is 19.4 Å². The van der Waals surface area contributed by atoms with Crippen LogP contribution in [0.2, 0.25) is 0 Å². The number of hydrogen-bond donors (Lipinski definition) is 1. The molecule has 0 fully saturated rings. The molecule has 2 aromatic rings. The molecule has 2 aromatic carbocycles. The zero-order valence-electron chi connectivity index (χ0n) is 13.2. The number of rotatable bonds is 6. The van der Waals surface area contributed by atoms with Crippen molar-refractivity contribution in [1.82, 2.24) is 5.32 Å². The van der Waals surface area contributed by atoms with E-state index in [1.54, 1.807) is 6.07 Å². The number of nitrogens with one attached hydrogen (secondary N) is 1. The first-order chi connectivity index (χ1) is 10.2. The molecule has 1 N–H and O–H groups in total. The molecular formula is C19H24FN. The lowest BCUT2D eigenvalue weighted by atomic mass is 9.94. The van der Waals surface area contributed by atoms with E-state index in [4.69, 9.17) is 0 Å². The van der Waals surface area contributed by atoms with E-state index in [0.717, 1.165) is 42.6 Å². The van der Waals surface area contributed by atoms with E-state index in [2.05, 4.69) is 44.3 Å². The Hall–Kier alpha value is -1.67. The molecule has 2 rings (SSSR count). The van der Waals surface area contributed by atoms with Gasteiger partial charge in [-0.25, -0.2) is 4.39 Å². The highest BCUT2D eigenvalue weighted by Crippen LogP contribution is 2.27. The van der Waals surface area contributed by atoms with Gasteiger partial charge in [-0.15, -0.1) is 0 Å². The van der Waals surface area contributed by atoms with E-state index in [9.17, 15) is 4.39 Å². The normalized spacial score (nSPS) is 10.9. The van der Waals surface area contributed by atoms with Gasteiger partial charge in [0.25, 0.3) is 0 Å². The molecule has 2 heteroatoms. The van der Waals surface area contributed by atoms with Crippen molar-refractivity contribution in [1.29, 1.82) is 0 Å². The SMILES string of the molecule is CCNCc1ccc(F)cc1-c1ccc(CC)c(CC)c1. The summed E-state index contributed by atoms with van der Waals surface area (Å²) in [5.74, 6) is -0.178. The molecule has 0 saturated carbocycles. The third kappa shape index (κ3) is 3.70. The van der Waals surface area contributed by atoms with Crippen LogP contribution in [0.5, 0.6) is 0 Å². The standard InChI is InChI=1S/C19H24FN/c1-4-14-7-8-16(11-15(14)5-2)19-12-18(20)10-9-17(19)13-21-6-3/h7-12,21H,4-6,13H2,1-3H3. The van der Waals surface area contributed by atoms with Crippen LogP contribution in [-0.4, -0.2) is 6.54 Å². The van der Waals surface area contributed by atoms with Crippen molar-refractivity contribution in [3.8, 4) is 11.1 Å². The molecule has 0 bridgehead atoms. The fraction of sp³-hybridized carbons (Fsp3) is 0.368. The smallest absolute Gasteiger partial charge is 0.123 e. The second-order valence-corrected chi connectivity index (χ2v) is 5.27. The maximum absolute atomic E-state index is 13.7. The van der Waals surface area contributed by atoms with Gasteiger partial charge >= 0.3 is 0 Å². The number of halogens is 1. The van der Waals surface area contributed by atoms with Crippen molar-refractivity contribution in [2.45, 2.75) is 40.2 Å². The second-order valence-electron chi connectivity index (χ2n) is 5.27. The van der Waals surface area contributed by atoms with Crippen LogP contribution >= 0.6 is 0 Å². The summed E-state index contributed by atoms with van der Waals surface area (Å²) in [6.07, 6.45) is 2.05. The largest absolute Gasteiger partial charge is 0.313 e. The lowest BCUT2D eigenvalue weighted by molar-refractivity contribution is 0.626. The summed E-state index contributed by atoms with van der Waals surface area (Å²) < 4.78 is 13.7. The highest BCUT2D eigenvalue weighted by molar-refractivity contribution is 5.68. The van der Waals surface area contributed by atoms with Gasteiger partial charge in [0.15, 0.2) is 0 Å². The zero-order valence-corrected chi connectivity index (χ0v) is 13.2. The molecule has 0 unspecified atom stereocenters. The Morgan fingerprint density at radius 3 is 2.24 bits per heavy atom.